The molecule has 0 aromatic heterocycles. The van der Waals surface area contributed by atoms with Crippen LogP contribution in [0.15, 0.2) is 41.8 Å². The third-order valence-corrected chi connectivity index (χ3v) is 6.93. The van der Waals surface area contributed by atoms with Crippen LogP contribution in [0.2, 0.25) is 0 Å². The molecule has 0 atom stereocenters. The van der Waals surface area contributed by atoms with Gasteiger partial charge in [-0.05, 0) is 38.3 Å². The van der Waals surface area contributed by atoms with E-state index in [0.717, 1.165) is 18.4 Å². The smallest absolute Gasteiger partial charge is 0.266 e. The summed E-state index contributed by atoms with van der Waals surface area (Å²) in [5, 5.41) is 0. The van der Waals surface area contributed by atoms with Crippen LogP contribution in [0.3, 0.4) is 0 Å². The van der Waals surface area contributed by atoms with E-state index in [1.807, 2.05) is 13.0 Å². The molecule has 0 radical (unpaired) electrons. The van der Waals surface area contributed by atoms with Gasteiger partial charge < -0.3 is 0 Å². The molecule has 1 aromatic rings. The summed E-state index contributed by atoms with van der Waals surface area (Å²) >= 11 is 0. The molecule has 0 saturated heterocycles. The van der Waals surface area contributed by atoms with Gasteiger partial charge in [0.15, 0.2) is 0 Å². The Bertz CT molecular complexity index is 635. The van der Waals surface area contributed by atoms with Crippen LogP contribution >= 0.6 is 0 Å². The van der Waals surface area contributed by atoms with Gasteiger partial charge in [0.05, 0.1) is 11.5 Å². The Balaban J connectivity index is 1.84. The van der Waals surface area contributed by atoms with Crippen LogP contribution in [0.4, 0.5) is 0 Å². The molecule has 0 amide bonds. The maximum atomic E-state index is 12.1. The molecule has 0 heterocycles. The average molecular weight is 437 g/mol. The van der Waals surface area contributed by atoms with E-state index >= 15 is 0 Å². The molecule has 0 bridgehead atoms. The molecule has 0 aliphatic carbocycles. The number of aryl methyl sites for hydroxylation is 1. The Labute approximate surface area is 186 Å². The van der Waals surface area contributed by atoms with E-state index in [2.05, 4.69) is 6.58 Å². The lowest BCUT2D eigenvalue weighted by Crippen LogP contribution is -2.07. The molecule has 0 fully saturated rings. The second-order valence-electron chi connectivity index (χ2n) is 8.47. The quantitative estimate of drug-likeness (QED) is 0.118. The Morgan fingerprint density at radius 1 is 0.700 bits per heavy atom. The zero-order valence-electron chi connectivity index (χ0n) is 19.2. The second-order valence-corrected chi connectivity index (χ2v) is 10.1. The Morgan fingerprint density at radius 2 is 1.10 bits per heavy atom. The van der Waals surface area contributed by atoms with Crippen molar-refractivity contribution in [3.05, 3.63) is 42.5 Å². The van der Waals surface area contributed by atoms with Crippen molar-refractivity contribution in [3.63, 3.8) is 0 Å². The first-order chi connectivity index (χ1) is 14.6. The summed E-state index contributed by atoms with van der Waals surface area (Å²) in [7, 11) is -3.60. The lowest BCUT2D eigenvalue weighted by molar-refractivity contribution is 0.306. The van der Waals surface area contributed by atoms with Crippen LogP contribution in [-0.4, -0.2) is 15.0 Å². The molecule has 4 heteroatoms. The summed E-state index contributed by atoms with van der Waals surface area (Å²) in [5.74, 6) is 0. The minimum absolute atomic E-state index is 0.247. The number of hydrogen-bond acceptors (Lipinski definition) is 3. The lowest BCUT2D eigenvalue weighted by Gasteiger charge is -2.06. The summed E-state index contributed by atoms with van der Waals surface area (Å²) in [6, 6.07) is 6.80. The zero-order chi connectivity index (χ0) is 21.9. The highest BCUT2D eigenvalue weighted by atomic mass is 32.2. The van der Waals surface area contributed by atoms with E-state index in [1.54, 1.807) is 24.3 Å². The van der Waals surface area contributed by atoms with Crippen molar-refractivity contribution in [1.82, 2.24) is 0 Å². The van der Waals surface area contributed by atoms with Crippen molar-refractivity contribution in [2.75, 3.05) is 6.61 Å². The van der Waals surface area contributed by atoms with Crippen LogP contribution in [0.1, 0.15) is 108 Å². The van der Waals surface area contributed by atoms with Crippen LogP contribution in [0.25, 0.3) is 0 Å². The summed E-state index contributed by atoms with van der Waals surface area (Å²) < 4.78 is 29.3. The molecule has 0 saturated carbocycles. The molecule has 0 spiro atoms. The molecule has 1 aromatic carbocycles. The van der Waals surface area contributed by atoms with Gasteiger partial charge in [-0.15, -0.1) is 6.58 Å². The molecule has 1 rings (SSSR count). The fourth-order valence-corrected chi connectivity index (χ4v) is 4.57. The van der Waals surface area contributed by atoms with Gasteiger partial charge in [0.2, 0.25) is 0 Å². The number of allylic oxidation sites excluding steroid dienone is 1. The van der Waals surface area contributed by atoms with E-state index < -0.39 is 10.1 Å². The van der Waals surface area contributed by atoms with Gasteiger partial charge in [0, 0.05) is 0 Å². The van der Waals surface area contributed by atoms with E-state index in [1.165, 1.54) is 89.9 Å². The predicted molar refractivity (Wildman–Crippen MR) is 128 cm³/mol. The predicted octanol–water partition coefficient (Wildman–Crippen LogP) is 8.13. The van der Waals surface area contributed by atoms with Crippen LogP contribution in [-0.2, 0) is 14.3 Å². The van der Waals surface area contributed by atoms with Crippen LogP contribution in [0, 0.1) is 6.92 Å². The van der Waals surface area contributed by atoms with Crippen molar-refractivity contribution in [1.29, 1.82) is 0 Å². The zero-order valence-corrected chi connectivity index (χ0v) is 20.1. The maximum Gasteiger partial charge on any atom is 0.296 e. The monoisotopic (exact) mass is 436 g/mol. The van der Waals surface area contributed by atoms with Crippen molar-refractivity contribution in [3.8, 4) is 0 Å². The maximum absolute atomic E-state index is 12.1. The minimum atomic E-state index is -3.60. The molecule has 0 aliphatic heterocycles. The number of rotatable bonds is 20. The van der Waals surface area contributed by atoms with Gasteiger partial charge in [0.1, 0.15) is 0 Å². The average Bonchev–Trinajstić information content (AvgIpc) is 2.73. The first-order valence-electron chi connectivity index (χ1n) is 12.1. The largest absolute Gasteiger partial charge is 0.296 e. The first kappa shape index (κ1) is 26.9. The summed E-state index contributed by atoms with van der Waals surface area (Å²) in [4.78, 5) is 0.247. The normalized spacial score (nSPS) is 11.6. The molecule has 3 nitrogen and oxygen atoms in total. The Morgan fingerprint density at radius 3 is 1.53 bits per heavy atom. The minimum Gasteiger partial charge on any atom is -0.266 e. The van der Waals surface area contributed by atoms with Crippen molar-refractivity contribution in [2.24, 2.45) is 0 Å². The van der Waals surface area contributed by atoms with Gasteiger partial charge in [-0.3, -0.25) is 4.18 Å². The standard InChI is InChI=1S/C26H44O3S/c1-3-4-5-6-7-8-9-10-11-12-13-14-15-16-17-18-19-24-29-30(27,28)26-22-20-25(2)21-23-26/h3,20-23H,1,4-19,24H2,2H3. The van der Waals surface area contributed by atoms with Gasteiger partial charge >= 0.3 is 0 Å². The van der Waals surface area contributed by atoms with E-state index in [0.29, 0.717) is 0 Å². The van der Waals surface area contributed by atoms with Crippen LogP contribution < -0.4 is 0 Å². The highest BCUT2D eigenvalue weighted by molar-refractivity contribution is 7.86. The highest BCUT2D eigenvalue weighted by Crippen LogP contribution is 2.16. The third kappa shape index (κ3) is 14.0. The third-order valence-electron chi connectivity index (χ3n) is 5.60. The summed E-state index contributed by atoms with van der Waals surface area (Å²) in [5.41, 5.74) is 1.04. The van der Waals surface area contributed by atoms with E-state index in [4.69, 9.17) is 4.18 Å². The molecular weight excluding hydrogens is 392 g/mol. The van der Waals surface area contributed by atoms with Crippen molar-refractivity contribution >= 4 is 10.1 Å². The molecule has 0 N–H and O–H groups in total. The summed E-state index contributed by atoms with van der Waals surface area (Å²) in [6.45, 7) is 5.99. The van der Waals surface area contributed by atoms with Crippen LogP contribution in [0.5, 0.6) is 0 Å². The molecule has 172 valence electrons. The van der Waals surface area contributed by atoms with Gasteiger partial charge in [-0.25, -0.2) is 0 Å². The fraction of sp³-hybridized carbons (Fsp3) is 0.692. The molecular formula is C26H44O3S. The highest BCUT2D eigenvalue weighted by Gasteiger charge is 2.14. The molecule has 30 heavy (non-hydrogen) atoms. The second kappa shape index (κ2) is 17.5. The van der Waals surface area contributed by atoms with Gasteiger partial charge in [0.25, 0.3) is 10.1 Å². The number of hydrogen-bond donors (Lipinski definition) is 0. The lowest BCUT2D eigenvalue weighted by atomic mass is 10.0. The Hall–Kier alpha value is -1.13. The van der Waals surface area contributed by atoms with Crippen molar-refractivity contribution < 1.29 is 12.6 Å². The van der Waals surface area contributed by atoms with E-state index in [-0.39, 0.29) is 11.5 Å². The first-order valence-corrected chi connectivity index (χ1v) is 13.5. The van der Waals surface area contributed by atoms with Gasteiger partial charge in [-0.2, -0.15) is 8.42 Å². The summed E-state index contributed by atoms with van der Waals surface area (Å²) in [6.07, 6.45) is 22.4. The fourth-order valence-electron chi connectivity index (χ4n) is 3.63. The van der Waals surface area contributed by atoms with Gasteiger partial charge in [-0.1, -0.05) is 107 Å². The topological polar surface area (TPSA) is 43.4 Å². The molecule has 0 unspecified atom stereocenters. The Kier molecular flexibility index (Phi) is 15.7. The SMILES string of the molecule is C=CCCCCCCCCCCCCCCCCCOS(=O)(=O)c1ccc(C)cc1. The van der Waals surface area contributed by atoms with Crippen molar-refractivity contribution in [2.45, 2.75) is 115 Å². The number of unbranched alkanes of at least 4 members (excludes halogenated alkanes) is 15. The molecule has 0 aliphatic rings. The van der Waals surface area contributed by atoms with E-state index in [9.17, 15) is 8.42 Å². The number of benzene rings is 1.